The number of hydroxylamine groups is 1. The van der Waals surface area contributed by atoms with Crippen molar-refractivity contribution in [3.63, 3.8) is 0 Å². The molecule has 3 nitrogen and oxygen atoms in total. The summed E-state index contributed by atoms with van der Waals surface area (Å²) in [6, 6.07) is 7.33. The van der Waals surface area contributed by atoms with Gasteiger partial charge in [-0.25, -0.2) is 5.06 Å². The van der Waals surface area contributed by atoms with E-state index in [1.807, 2.05) is 36.4 Å². The van der Waals surface area contributed by atoms with Gasteiger partial charge in [0.2, 0.25) is 0 Å². The van der Waals surface area contributed by atoms with Crippen LogP contribution in [0.5, 0.6) is 0 Å². The van der Waals surface area contributed by atoms with Crippen molar-refractivity contribution in [2.24, 2.45) is 0 Å². The summed E-state index contributed by atoms with van der Waals surface area (Å²) in [6.07, 6.45) is 7.56. The fourth-order valence-corrected chi connectivity index (χ4v) is 2.30. The van der Waals surface area contributed by atoms with Crippen LogP contribution in [0, 0.1) is 0 Å². The first kappa shape index (κ1) is 10.3. The summed E-state index contributed by atoms with van der Waals surface area (Å²) >= 11 is 0. The molecule has 2 aliphatic rings. The van der Waals surface area contributed by atoms with Gasteiger partial charge in [-0.1, -0.05) is 36.4 Å². The Bertz CT molecular complexity index is 543. The first-order valence-corrected chi connectivity index (χ1v) is 5.60. The number of allylic oxidation sites excluding steroid dienone is 3. The van der Waals surface area contributed by atoms with Crippen LogP contribution in [0.3, 0.4) is 0 Å². The van der Waals surface area contributed by atoms with Crippen LogP contribution >= 0.6 is 0 Å². The fourth-order valence-electron chi connectivity index (χ4n) is 2.30. The van der Waals surface area contributed by atoms with E-state index in [0.29, 0.717) is 5.69 Å². The zero-order valence-electron chi connectivity index (χ0n) is 9.24. The molecule has 0 aromatic heterocycles. The van der Waals surface area contributed by atoms with E-state index in [-0.39, 0.29) is 0 Å². The molecule has 0 spiro atoms. The second-order valence-electron chi connectivity index (χ2n) is 4.21. The van der Waals surface area contributed by atoms with Gasteiger partial charge in [0, 0.05) is 11.8 Å². The molecular formula is C14H13NO2. The van der Waals surface area contributed by atoms with Gasteiger partial charge < -0.3 is 5.11 Å². The fraction of sp³-hybridized carbons (Fsp3) is 0.143. The average molecular weight is 227 g/mol. The maximum absolute atomic E-state index is 10.4. The molecule has 0 bridgehead atoms. The van der Waals surface area contributed by atoms with E-state index in [0.717, 1.165) is 28.2 Å². The molecule has 0 amide bonds. The normalized spacial score (nSPS) is 22.2. The Kier molecular flexibility index (Phi) is 2.35. The summed E-state index contributed by atoms with van der Waals surface area (Å²) in [6.45, 7) is 0. The van der Waals surface area contributed by atoms with Crippen molar-refractivity contribution in [3.05, 3.63) is 65.4 Å². The lowest BCUT2D eigenvalue weighted by Crippen LogP contribution is -2.10. The minimum absolute atomic E-state index is 0.628. The summed E-state index contributed by atoms with van der Waals surface area (Å²) in [7, 11) is 0. The monoisotopic (exact) mass is 227 g/mol. The lowest BCUT2D eigenvalue weighted by molar-refractivity contribution is 0.217. The largest absolute Gasteiger partial charge is 0.384 e. The zero-order valence-corrected chi connectivity index (χ0v) is 9.24. The number of anilines is 1. The van der Waals surface area contributed by atoms with Crippen molar-refractivity contribution < 1.29 is 10.3 Å². The Morgan fingerprint density at radius 1 is 1.24 bits per heavy atom. The lowest BCUT2D eigenvalue weighted by atomic mass is 9.91. The molecule has 1 heterocycles. The van der Waals surface area contributed by atoms with E-state index in [1.165, 1.54) is 0 Å². The average Bonchev–Trinajstić information content (AvgIpc) is 2.48. The van der Waals surface area contributed by atoms with Crippen LogP contribution in [-0.4, -0.2) is 10.3 Å². The van der Waals surface area contributed by atoms with Gasteiger partial charge in [-0.15, -0.1) is 0 Å². The Morgan fingerprint density at radius 2 is 2.06 bits per heavy atom. The van der Waals surface area contributed by atoms with Gasteiger partial charge in [0.05, 0.1) is 5.69 Å². The molecule has 1 aromatic carbocycles. The predicted molar refractivity (Wildman–Crippen MR) is 65.6 cm³/mol. The number of benzene rings is 1. The minimum atomic E-state index is -0.681. The quantitative estimate of drug-likeness (QED) is 0.716. The summed E-state index contributed by atoms with van der Waals surface area (Å²) in [4.78, 5) is 0. The highest BCUT2D eigenvalue weighted by Crippen LogP contribution is 2.39. The van der Waals surface area contributed by atoms with Crippen molar-refractivity contribution in [2.45, 2.75) is 12.5 Å². The molecule has 1 aliphatic heterocycles. The highest BCUT2D eigenvalue weighted by molar-refractivity contribution is 5.62. The molecule has 0 radical (unpaired) electrons. The molecule has 2 N–H and O–H groups in total. The third kappa shape index (κ3) is 1.60. The third-order valence-electron chi connectivity index (χ3n) is 3.17. The van der Waals surface area contributed by atoms with E-state index in [9.17, 15) is 10.3 Å². The van der Waals surface area contributed by atoms with E-state index < -0.39 is 6.10 Å². The molecular weight excluding hydrogens is 214 g/mol. The van der Waals surface area contributed by atoms with Gasteiger partial charge in [-0.05, 0) is 23.6 Å². The number of rotatable bonds is 0. The van der Waals surface area contributed by atoms with Crippen molar-refractivity contribution in [2.75, 3.05) is 5.06 Å². The molecule has 1 atom stereocenters. The van der Waals surface area contributed by atoms with Crippen LogP contribution in [0.1, 0.15) is 18.1 Å². The number of para-hydroxylation sites is 1. The Hall–Kier alpha value is -1.84. The number of aliphatic hydroxyl groups excluding tert-OH is 1. The molecule has 0 saturated carbocycles. The van der Waals surface area contributed by atoms with E-state index >= 15 is 0 Å². The molecule has 86 valence electrons. The molecule has 1 unspecified atom stereocenters. The maximum atomic E-state index is 10.4. The van der Waals surface area contributed by atoms with Gasteiger partial charge in [0.1, 0.15) is 6.10 Å². The van der Waals surface area contributed by atoms with Crippen molar-refractivity contribution in [1.29, 1.82) is 0 Å². The van der Waals surface area contributed by atoms with Gasteiger partial charge in [0.25, 0.3) is 0 Å². The molecule has 0 saturated heterocycles. The molecule has 0 fully saturated rings. The Morgan fingerprint density at radius 3 is 2.94 bits per heavy atom. The molecule has 3 rings (SSSR count). The number of nitrogens with zero attached hydrogens (tertiary/aromatic N) is 1. The summed E-state index contributed by atoms with van der Waals surface area (Å²) < 4.78 is 0. The van der Waals surface area contributed by atoms with Crippen molar-refractivity contribution >= 4 is 5.69 Å². The first-order valence-electron chi connectivity index (χ1n) is 5.60. The SMILES string of the molecule is OC1C2=CC=CCC2=CN(O)c2ccccc21. The Labute approximate surface area is 99.6 Å². The number of fused-ring (bicyclic) bond motifs is 2. The molecule has 17 heavy (non-hydrogen) atoms. The summed E-state index contributed by atoms with van der Waals surface area (Å²) in [5.41, 5.74) is 3.15. The molecule has 1 aliphatic carbocycles. The molecule has 1 aromatic rings. The highest BCUT2D eigenvalue weighted by atomic mass is 16.5. The Balaban J connectivity index is 2.20. The molecule has 3 heteroatoms. The number of hydrogen-bond donors (Lipinski definition) is 2. The van der Waals surface area contributed by atoms with Gasteiger partial charge in [0.15, 0.2) is 0 Å². The van der Waals surface area contributed by atoms with Crippen LogP contribution in [-0.2, 0) is 0 Å². The maximum Gasteiger partial charge on any atom is 0.106 e. The standard InChI is InChI=1S/C14H13NO2/c16-14-11-6-2-1-5-10(11)9-15(17)13-8-4-3-7-12(13)14/h1-4,6-9,14,16-17H,5H2. The zero-order chi connectivity index (χ0) is 11.8. The summed E-state index contributed by atoms with van der Waals surface area (Å²) in [5, 5.41) is 21.5. The van der Waals surface area contributed by atoms with Crippen LogP contribution in [0.15, 0.2) is 59.8 Å². The smallest absolute Gasteiger partial charge is 0.106 e. The topological polar surface area (TPSA) is 43.7 Å². The summed E-state index contributed by atoms with van der Waals surface area (Å²) in [5.74, 6) is 0. The predicted octanol–water partition coefficient (Wildman–Crippen LogP) is 2.70. The van der Waals surface area contributed by atoms with E-state index in [1.54, 1.807) is 12.3 Å². The van der Waals surface area contributed by atoms with Crippen LogP contribution in [0.4, 0.5) is 5.69 Å². The second-order valence-corrected chi connectivity index (χ2v) is 4.21. The second kappa shape index (κ2) is 3.87. The first-order chi connectivity index (χ1) is 8.27. The van der Waals surface area contributed by atoms with Crippen LogP contribution in [0.2, 0.25) is 0 Å². The van der Waals surface area contributed by atoms with Crippen molar-refractivity contribution in [1.82, 2.24) is 0 Å². The minimum Gasteiger partial charge on any atom is -0.384 e. The van der Waals surface area contributed by atoms with Gasteiger partial charge >= 0.3 is 0 Å². The lowest BCUT2D eigenvalue weighted by Gasteiger charge is -2.18. The number of hydrogen-bond acceptors (Lipinski definition) is 3. The van der Waals surface area contributed by atoms with Gasteiger partial charge in [-0.3, -0.25) is 5.21 Å². The van der Waals surface area contributed by atoms with E-state index in [4.69, 9.17) is 0 Å². The van der Waals surface area contributed by atoms with Crippen LogP contribution in [0.25, 0.3) is 0 Å². The highest BCUT2D eigenvalue weighted by Gasteiger charge is 2.25. The van der Waals surface area contributed by atoms with Crippen molar-refractivity contribution in [3.8, 4) is 0 Å². The van der Waals surface area contributed by atoms with Crippen LogP contribution < -0.4 is 5.06 Å². The number of aliphatic hydroxyl groups is 1. The van der Waals surface area contributed by atoms with Gasteiger partial charge in [-0.2, -0.15) is 0 Å². The van der Waals surface area contributed by atoms with E-state index in [2.05, 4.69) is 0 Å². The third-order valence-corrected chi connectivity index (χ3v) is 3.17.